The van der Waals surface area contributed by atoms with Gasteiger partial charge in [-0.2, -0.15) is 12.7 Å². The molecule has 0 fully saturated rings. The van der Waals surface area contributed by atoms with E-state index < -0.39 is 10.2 Å². The Labute approximate surface area is 121 Å². The Bertz CT molecular complexity index is 465. The van der Waals surface area contributed by atoms with E-state index in [0.29, 0.717) is 0 Å². The van der Waals surface area contributed by atoms with Crippen LogP contribution in [0.15, 0.2) is 30.3 Å². The van der Waals surface area contributed by atoms with Crippen molar-refractivity contribution in [3.63, 3.8) is 0 Å². The van der Waals surface area contributed by atoms with E-state index in [4.69, 9.17) is 5.73 Å². The topological polar surface area (TPSA) is 75.4 Å². The molecule has 0 aliphatic carbocycles. The van der Waals surface area contributed by atoms with Crippen molar-refractivity contribution in [2.24, 2.45) is 5.73 Å². The lowest BCUT2D eigenvalue weighted by Gasteiger charge is -2.22. The Morgan fingerprint density at radius 1 is 1.26 bits per heavy atom. The number of nitrogens with two attached hydrogens (primary N) is 1. The maximum atomic E-state index is 11.9. The van der Waals surface area contributed by atoms with Gasteiger partial charge in [0.25, 0.3) is 10.2 Å². The third kappa shape index (κ3) is 5.46. The Balaban J connectivity index is 0.00000324. The minimum absolute atomic E-state index is 0. The highest BCUT2D eigenvalue weighted by Crippen LogP contribution is 2.09. The fourth-order valence-electron chi connectivity index (χ4n) is 1.39. The first kappa shape index (κ1) is 18.3. The van der Waals surface area contributed by atoms with E-state index in [2.05, 4.69) is 4.72 Å². The van der Waals surface area contributed by atoms with Gasteiger partial charge in [0.2, 0.25) is 0 Å². The maximum Gasteiger partial charge on any atom is 0.279 e. The molecule has 1 atom stereocenters. The standard InChI is InChI=1S/C12H21N3O2S.ClH/c1-10(2)15(3)18(16,17)14-9-12(13)11-7-5-4-6-8-11;/h4-8,10,12,14H,9,13H2,1-3H3;1H. The molecule has 0 spiro atoms. The molecule has 5 nitrogen and oxygen atoms in total. The molecular weight excluding hydrogens is 286 g/mol. The van der Waals surface area contributed by atoms with E-state index >= 15 is 0 Å². The van der Waals surface area contributed by atoms with Crippen LogP contribution in [0.2, 0.25) is 0 Å². The molecule has 0 aromatic heterocycles. The Morgan fingerprint density at radius 3 is 2.26 bits per heavy atom. The van der Waals surface area contributed by atoms with Crippen molar-refractivity contribution in [1.82, 2.24) is 9.03 Å². The quantitative estimate of drug-likeness (QED) is 0.831. The summed E-state index contributed by atoms with van der Waals surface area (Å²) in [6.07, 6.45) is 0. The highest BCUT2D eigenvalue weighted by molar-refractivity contribution is 7.87. The first-order chi connectivity index (χ1) is 8.34. The Hall–Kier alpha value is -0.660. The molecule has 1 aromatic rings. The second-order valence-electron chi connectivity index (χ2n) is 4.48. The second-order valence-corrected chi connectivity index (χ2v) is 6.30. The number of halogens is 1. The van der Waals surface area contributed by atoms with Gasteiger partial charge in [0.15, 0.2) is 0 Å². The van der Waals surface area contributed by atoms with Crippen molar-refractivity contribution >= 4 is 22.6 Å². The van der Waals surface area contributed by atoms with Crippen LogP contribution in [0.1, 0.15) is 25.5 Å². The fraction of sp³-hybridized carbons (Fsp3) is 0.500. The van der Waals surface area contributed by atoms with Gasteiger partial charge in [0, 0.05) is 25.7 Å². The van der Waals surface area contributed by atoms with Crippen LogP contribution in [0.5, 0.6) is 0 Å². The van der Waals surface area contributed by atoms with Gasteiger partial charge in [-0.15, -0.1) is 12.4 Å². The summed E-state index contributed by atoms with van der Waals surface area (Å²) in [7, 11) is -1.92. The zero-order valence-corrected chi connectivity index (χ0v) is 13.0. The van der Waals surface area contributed by atoms with E-state index in [1.54, 1.807) is 7.05 Å². The second kappa shape index (κ2) is 7.81. The molecule has 0 heterocycles. The molecule has 110 valence electrons. The highest BCUT2D eigenvalue weighted by Gasteiger charge is 2.20. The molecule has 0 radical (unpaired) electrons. The predicted octanol–water partition coefficient (Wildman–Crippen LogP) is 1.28. The van der Waals surface area contributed by atoms with E-state index in [1.165, 1.54) is 4.31 Å². The van der Waals surface area contributed by atoms with Gasteiger partial charge in [-0.05, 0) is 19.4 Å². The molecule has 1 rings (SSSR count). The first-order valence-corrected chi connectivity index (χ1v) is 7.31. The molecule has 1 unspecified atom stereocenters. The minimum atomic E-state index is -3.46. The summed E-state index contributed by atoms with van der Waals surface area (Å²) in [6, 6.07) is 8.98. The van der Waals surface area contributed by atoms with Gasteiger partial charge < -0.3 is 5.73 Å². The highest BCUT2D eigenvalue weighted by atomic mass is 35.5. The number of rotatable bonds is 6. The van der Waals surface area contributed by atoms with Crippen molar-refractivity contribution < 1.29 is 8.42 Å². The van der Waals surface area contributed by atoms with Crippen LogP contribution >= 0.6 is 12.4 Å². The minimum Gasteiger partial charge on any atom is -0.323 e. The monoisotopic (exact) mass is 307 g/mol. The molecule has 7 heteroatoms. The molecule has 0 amide bonds. The largest absolute Gasteiger partial charge is 0.323 e. The van der Waals surface area contributed by atoms with Gasteiger partial charge in [0.1, 0.15) is 0 Å². The van der Waals surface area contributed by atoms with Gasteiger partial charge in [-0.3, -0.25) is 0 Å². The molecule has 0 bridgehead atoms. The summed E-state index contributed by atoms with van der Waals surface area (Å²) < 4.78 is 27.5. The number of nitrogens with one attached hydrogen (secondary N) is 1. The molecule has 0 saturated heterocycles. The average molecular weight is 308 g/mol. The van der Waals surface area contributed by atoms with Crippen molar-refractivity contribution in [3.05, 3.63) is 35.9 Å². The van der Waals surface area contributed by atoms with E-state index in [0.717, 1.165) is 5.56 Å². The lowest BCUT2D eigenvalue weighted by atomic mass is 10.1. The van der Waals surface area contributed by atoms with Gasteiger partial charge in [-0.1, -0.05) is 30.3 Å². The zero-order valence-electron chi connectivity index (χ0n) is 11.4. The molecule has 1 aromatic carbocycles. The molecule has 19 heavy (non-hydrogen) atoms. The SMILES string of the molecule is CC(C)N(C)S(=O)(=O)NCC(N)c1ccccc1.Cl. The van der Waals surface area contributed by atoms with E-state index in [1.807, 2.05) is 44.2 Å². The summed E-state index contributed by atoms with van der Waals surface area (Å²) in [6.45, 7) is 3.82. The van der Waals surface area contributed by atoms with Crippen molar-refractivity contribution in [2.45, 2.75) is 25.9 Å². The summed E-state index contributed by atoms with van der Waals surface area (Å²) in [5.74, 6) is 0. The van der Waals surface area contributed by atoms with Gasteiger partial charge in [-0.25, -0.2) is 4.72 Å². The van der Waals surface area contributed by atoms with E-state index in [9.17, 15) is 8.42 Å². The van der Waals surface area contributed by atoms with Crippen LogP contribution < -0.4 is 10.5 Å². The van der Waals surface area contributed by atoms with Gasteiger partial charge >= 0.3 is 0 Å². The van der Waals surface area contributed by atoms with Crippen LogP contribution in [-0.4, -0.2) is 32.4 Å². The molecule has 3 N–H and O–H groups in total. The third-order valence-corrected chi connectivity index (χ3v) is 4.53. The number of nitrogens with zero attached hydrogens (tertiary/aromatic N) is 1. The molecule has 0 aliphatic heterocycles. The van der Waals surface area contributed by atoms with Crippen LogP contribution in [0.3, 0.4) is 0 Å². The molecule has 0 aliphatic rings. The molecule has 0 saturated carbocycles. The van der Waals surface area contributed by atoms with Gasteiger partial charge in [0.05, 0.1) is 0 Å². The predicted molar refractivity (Wildman–Crippen MR) is 80.4 cm³/mol. The maximum absolute atomic E-state index is 11.9. The summed E-state index contributed by atoms with van der Waals surface area (Å²) in [5, 5.41) is 0. The number of hydrogen-bond acceptors (Lipinski definition) is 3. The van der Waals surface area contributed by atoms with Crippen LogP contribution in [-0.2, 0) is 10.2 Å². The lowest BCUT2D eigenvalue weighted by molar-refractivity contribution is 0.401. The third-order valence-electron chi connectivity index (χ3n) is 2.82. The number of benzene rings is 1. The Morgan fingerprint density at radius 2 is 1.79 bits per heavy atom. The number of hydrogen-bond donors (Lipinski definition) is 2. The summed E-state index contributed by atoms with van der Waals surface area (Å²) in [4.78, 5) is 0. The summed E-state index contributed by atoms with van der Waals surface area (Å²) in [5.41, 5.74) is 6.84. The van der Waals surface area contributed by atoms with Crippen LogP contribution in [0, 0.1) is 0 Å². The van der Waals surface area contributed by atoms with Crippen molar-refractivity contribution in [2.75, 3.05) is 13.6 Å². The summed E-state index contributed by atoms with van der Waals surface area (Å²) >= 11 is 0. The normalized spacial score (nSPS) is 13.4. The smallest absolute Gasteiger partial charge is 0.279 e. The lowest BCUT2D eigenvalue weighted by Crippen LogP contribution is -2.44. The van der Waals surface area contributed by atoms with Crippen molar-refractivity contribution in [1.29, 1.82) is 0 Å². The van der Waals surface area contributed by atoms with E-state index in [-0.39, 0.29) is 31.0 Å². The molecular formula is C12H22ClN3O2S. The van der Waals surface area contributed by atoms with Crippen molar-refractivity contribution in [3.8, 4) is 0 Å². The zero-order chi connectivity index (χ0) is 13.8. The van der Waals surface area contributed by atoms with Crippen LogP contribution in [0.25, 0.3) is 0 Å². The average Bonchev–Trinajstić information content (AvgIpc) is 2.36. The van der Waals surface area contributed by atoms with Crippen LogP contribution in [0.4, 0.5) is 0 Å². The fourth-order valence-corrected chi connectivity index (χ4v) is 2.54. The Kier molecular flexibility index (Phi) is 7.54. The first-order valence-electron chi connectivity index (χ1n) is 5.87.